The average Bonchev–Trinajstić information content (AvgIpc) is 3.06. The Balaban J connectivity index is 1.53. The minimum atomic E-state index is -0.450. The van der Waals surface area contributed by atoms with Crippen LogP contribution in [0.2, 0.25) is 0 Å². The highest BCUT2D eigenvalue weighted by Gasteiger charge is 2.31. The monoisotopic (exact) mass is 422 g/mol. The zero-order valence-corrected chi connectivity index (χ0v) is 17.0. The fraction of sp³-hybridized carbons (Fsp3) is 0.227. The van der Waals surface area contributed by atoms with E-state index in [9.17, 15) is 14.4 Å². The first kappa shape index (κ1) is 19.9. The third-order valence-electron chi connectivity index (χ3n) is 4.72. The molecule has 0 spiro atoms. The molecule has 2 heterocycles. The van der Waals surface area contributed by atoms with Crippen molar-refractivity contribution >= 4 is 34.5 Å². The van der Waals surface area contributed by atoms with E-state index in [1.807, 2.05) is 36.4 Å². The molecular weight excluding hydrogens is 404 g/mol. The fourth-order valence-electron chi connectivity index (χ4n) is 3.26. The Kier molecular flexibility index (Phi) is 5.63. The van der Waals surface area contributed by atoms with Crippen molar-refractivity contribution in [1.29, 1.82) is 0 Å². The van der Waals surface area contributed by atoms with Gasteiger partial charge < -0.3 is 9.47 Å². The predicted octanol–water partition coefficient (Wildman–Crippen LogP) is 2.37. The van der Waals surface area contributed by atoms with Crippen LogP contribution in [0.3, 0.4) is 0 Å². The Hall–Kier alpha value is -3.44. The third-order valence-corrected chi connectivity index (χ3v) is 5.70. The van der Waals surface area contributed by atoms with Gasteiger partial charge in [-0.25, -0.2) is 0 Å². The number of para-hydroxylation sites is 2. The molecule has 8 heteroatoms. The first-order chi connectivity index (χ1) is 14.5. The van der Waals surface area contributed by atoms with Crippen molar-refractivity contribution in [1.82, 2.24) is 5.32 Å². The van der Waals surface area contributed by atoms with Crippen LogP contribution < -0.4 is 19.7 Å². The predicted molar refractivity (Wildman–Crippen MR) is 113 cm³/mol. The van der Waals surface area contributed by atoms with Gasteiger partial charge in [0.25, 0.3) is 11.1 Å². The summed E-state index contributed by atoms with van der Waals surface area (Å²) in [5, 5.41) is 1.52. The summed E-state index contributed by atoms with van der Waals surface area (Å²) in [5.74, 6) is 6.91. The van der Waals surface area contributed by atoms with Gasteiger partial charge in [0.2, 0.25) is 5.91 Å². The molecule has 2 aromatic rings. The van der Waals surface area contributed by atoms with Crippen molar-refractivity contribution in [3.8, 4) is 23.3 Å². The lowest BCUT2D eigenvalue weighted by Gasteiger charge is -2.27. The molecule has 4 rings (SSSR count). The van der Waals surface area contributed by atoms with Crippen LogP contribution in [0, 0.1) is 11.8 Å². The Morgan fingerprint density at radius 2 is 2.07 bits per heavy atom. The number of anilines is 1. The molecule has 1 saturated heterocycles. The molecule has 1 unspecified atom stereocenters. The van der Waals surface area contributed by atoms with Crippen LogP contribution in [0.1, 0.15) is 11.1 Å². The number of amides is 3. The van der Waals surface area contributed by atoms with Crippen LogP contribution in [0.15, 0.2) is 42.5 Å². The Labute approximate surface area is 177 Å². The summed E-state index contributed by atoms with van der Waals surface area (Å²) in [6.07, 6.45) is 0.413. The Morgan fingerprint density at radius 3 is 2.83 bits per heavy atom. The molecule has 2 aromatic carbocycles. The number of rotatable bonds is 4. The molecule has 152 valence electrons. The summed E-state index contributed by atoms with van der Waals surface area (Å²) < 4.78 is 10.8. The number of nitrogens with one attached hydrogen (secondary N) is 1. The molecule has 1 N–H and O–H groups in total. The van der Waals surface area contributed by atoms with Gasteiger partial charge in [0.05, 0.1) is 30.2 Å². The zero-order chi connectivity index (χ0) is 21.1. The highest BCUT2D eigenvalue weighted by molar-refractivity contribution is 8.15. The molecule has 0 aromatic heterocycles. The topological polar surface area (TPSA) is 84.9 Å². The van der Waals surface area contributed by atoms with Crippen LogP contribution in [-0.2, 0) is 16.0 Å². The van der Waals surface area contributed by atoms with Gasteiger partial charge in [-0.3, -0.25) is 24.6 Å². The number of thioether (sulfide) groups is 1. The molecule has 2 aliphatic rings. The number of hydrogen-bond acceptors (Lipinski definition) is 6. The second-order valence-electron chi connectivity index (χ2n) is 6.66. The van der Waals surface area contributed by atoms with Crippen molar-refractivity contribution in [2.75, 3.05) is 25.2 Å². The quantitative estimate of drug-likeness (QED) is 0.762. The Bertz CT molecular complexity index is 1090. The van der Waals surface area contributed by atoms with E-state index in [2.05, 4.69) is 17.2 Å². The number of imide groups is 1. The first-order valence-electron chi connectivity index (χ1n) is 9.24. The van der Waals surface area contributed by atoms with E-state index in [-0.39, 0.29) is 30.2 Å². The molecule has 2 aliphatic heterocycles. The summed E-state index contributed by atoms with van der Waals surface area (Å²) in [6.45, 7) is 0.194. The van der Waals surface area contributed by atoms with E-state index in [1.165, 1.54) is 0 Å². The number of carbonyl (C=O) groups excluding carboxylic acids is 3. The number of nitrogens with zero attached hydrogens (tertiary/aromatic N) is 1. The van der Waals surface area contributed by atoms with Crippen LogP contribution >= 0.6 is 11.8 Å². The summed E-state index contributed by atoms with van der Waals surface area (Å²) in [7, 11) is 1.56. The highest BCUT2D eigenvalue weighted by atomic mass is 32.2. The van der Waals surface area contributed by atoms with Gasteiger partial charge >= 0.3 is 0 Å². The molecule has 7 nitrogen and oxygen atoms in total. The van der Waals surface area contributed by atoms with E-state index in [0.29, 0.717) is 29.2 Å². The molecule has 0 bridgehead atoms. The lowest BCUT2D eigenvalue weighted by atomic mass is 10.0. The fourth-order valence-corrected chi connectivity index (χ4v) is 4.12. The van der Waals surface area contributed by atoms with E-state index >= 15 is 0 Å². The molecular formula is C22H18N2O5S. The summed E-state index contributed by atoms with van der Waals surface area (Å²) in [5.41, 5.74) is 2.21. The number of ether oxygens (including phenoxy) is 2. The van der Waals surface area contributed by atoms with Crippen molar-refractivity contribution in [3.63, 3.8) is 0 Å². The molecule has 1 atom stereocenters. The van der Waals surface area contributed by atoms with E-state index in [1.54, 1.807) is 18.1 Å². The standard InChI is InChI=1S/C22H18N2O5S/c1-28-17-9-8-14(12-19-21(26)23-22(27)30-19)11-15(17)5-4-10-24-16-6-2-3-7-18(16)29-13-20(24)25/h2-3,6-9,11,19H,10,12-13H2,1H3,(H,23,26,27). The number of methoxy groups -OCH3 is 1. The van der Waals surface area contributed by atoms with Gasteiger partial charge in [0.1, 0.15) is 11.5 Å². The molecule has 0 saturated carbocycles. The van der Waals surface area contributed by atoms with Crippen molar-refractivity contribution in [2.45, 2.75) is 11.7 Å². The maximum atomic E-state index is 12.3. The van der Waals surface area contributed by atoms with Crippen LogP contribution in [0.5, 0.6) is 11.5 Å². The minimum absolute atomic E-state index is 0.0165. The summed E-state index contributed by atoms with van der Waals surface area (Å²) in [6, 6.07) is 12.8. The minimum Gasteiger partial charge on any atom is -0.495 e. The second-order valence-corrected chi connectivity index (χ2v) is 7.84. The van der Waals surface area contributed by atoms with Gasteiger partial charge in [-0.05, 0) is 36.2 Å². The second kappa shape index (κ2) is 8.51. The number of hydrogen-bond donors (Lipinski definition) is 1. The maximum absolute atomic E-state index is 12.3. The van der Waals surface area contributed by atoms with Gasteiger partial charge in [-0.1, -0.05) is 41.8 Å². The van der Waals surface area contributed by atoms with Gasteiger partial charge in [0, 0.05) is 0 Å². The van der Waals surface area contributed by atoms with Crippen LogP contribution in [0.4, 0.5) is 10.5 Å². The molecule has 1 fully saturated rings. The smallest absolute Gasteiger partial charge is 0.286 e. The average molecular weight is 422 g/mol. The van der Waals surface area contributed by atoms with Crippen molar-refractivity contribution < 1.29 is 23.9 Å². The van der Waals surface area contributed by atoms with Gasteiger partial charge in [-0.2, -0.15) is 0 Å². The highest BCUT2D eigenvalue weighted by Crippen LogP contribution is 2.31. The first-order valence-corrected chi connectivity index (χ1v) is 10.1. The number of fused-ring (bicyclic) bond motifs is 1. The van der Waals surface area contributed by atoms with Crippen LogP contribution in [-0.4, -0.2) is 42.6 Å². The molecule has 0 aliphatic carbocycles. The number of carbonyl (C=O) groups is 3. The van der Waals surface area contributed by atoms with E-state index in [0.717, 1.165) is 17.3 Å². The van der Waals surface area contributed by atoms with Crippen molar-refractivity contribution in [2.24, 2.45) is 0 Å². The zero-order valence-electron chi connectivity index (χ0n) is 16.1. The largest absolute Gasteiger partial charge is 0.495 e. The van der Waals surface area contributed by atoms with E-state index in [4.69, 9.17) is 9.47 Å². The van der Waals surface area contributed by atoms with Gasteiger partial charge in [0.15, 0.2) is 6.61 Å². The van der Waals surface area contributed by atoms with E-state index < -0.39 is 5.25 Å². The van der Waals surface area contributed by atoms with Crippen LogP contribution in [0.25, 0.3) is 0 Å². The summed E-state index contributed by atoms with van der Waals surface area (Å²) >= 11 is 0.992. The molecule has 30 heavy (non-hydrogen) atoms. The molecule has 3 amide bonds. The normalized spacial score (nSPS) is 17.6. The molecule has 0 radical (unpaired) electrons. The number of benzene rings is 2. The third kappa shape index (κ3) is 4.11. The maximum Gasteiger partial charge on any atom is 0.286 e. The SMILES string of the molecule is COc1ccc(CC2SC(=O)NC2=O)cc1C#CCN1C(=O)COc2ccccc21. The Morgan fingerprint density at radius 1 is 1.23 bits per heavy atom. The van der Waals surface area contributed by atoms with Gasteiger partial charge in [-0.15, -0.1) is 0 Å². The lowest BCUT2D eigenvalue weighted by Crippen LogP contribution is -2.38. The lowest BCUT2D eigenvalue weighted by molar-refractivity contribution is -0.121. The summed E-state index contributed by atoms with van der Waals surface area (Å²) in [4.78, 5) is 37.1. The van der Waals surface area contributed by atoms with Crippen molar-refractivity contribution in [3.05, 3.63) is 53.6 Å².